The first kappa shape index (κ1) is 21.9. The van der Waals surface area contributed by atoms with Crippen LogP contribution in [0.5, 0.6) is 11.5 Å². The maximum atomic E-state index is 14.1. The van der Waals surface area contributed by atoms with Crippen LogP contribution in [0.4, 0.5) is 10.1 Å². The highest BCUT2D eigenvalue weighted by atomic mass is 35.5. The summed E-state index contributed by atoms with van der Waals surface area (Å²) in [6.45, 7) is 1.50. The number of ether oxygens (including phenoxy) is 2. The first-order chi connectivity index (χ1) is 15.1. The molecule has 0 spiro atoms. The van der Waals surface area contributed by atoms with Crippen molar-refractivity contribution in [1.29, 1.82) is 0 Å². The summed E-state index contributed by atoms with van der Waals surface area (Å²) in [6.07, 6.45) is 0. The van der Waals surface area contributed by atoms with Crippen LogP contribution in [0.3, 0.4) is 0 Å². The minimum atomic E-state index is -4.42. The number of esters is 1. The molecule has 0 amide bonds. The molecular formula is C22H17ClFNO6S. The van der Waals surface area contributed by atoms with Gasteiger partial charge in [-0.1, -0.05) is 17.7 Å². The van der Waals surface area contributed by atoms with Crippen molar-refractivity contribution in [1.82, 2.24) is 0 Å². The zero-order chi connectivity index (χ0) is 23.2. The summed E-state index contributed by atoms with van der Waals surface area (Å²) in [7, 11) is -3.04. The van der Waals surface area contributed by atoms with E-state index in [9.17, 15) is 22.7 Å². The molecule has 0 aromatic heterocycles. The Morgan fingerprint density at radius 3 is 2.62 bits per heavy atom. The number of carbonyl (C=O) groups is 1. The molecule has 0 saturated carbocycles. The van der Waals surface area contributed by atoms with Crippen LogP contribution >= 0.6 is 11.6 Å². The molecule has 0 unspecified atom stereocenters. The molecule has 10 heteroatoms. The van der Waals surface area contributed by atoms with Crippen molar-refractivity contribution in [2.45, 2.75) is 18.4 Å². The summed E-state index contributed by atoms with van der Waals surface area (Å²) in [6, 6.07) is 9.24. The van der Waals surface area contributed by atoms with E-state index in [-0.39, 0.29) is 28.6 Å². The lowest BCUT2D eigenvalue weighted by Gasteiger charge is -2.17. The van der Waals surface area contributed by atoms with Crippen LogP contribution in [-0.2, 0) is 21.4 Å². The SMILES string of the molecule is COc1c(C)cc2cc1NS(=O)(=O)c1cc(cc(Cl)c1O)C(=O)OCc1ccc(F)cc1-2. The molecule has 4 bridgehead atoms. The van der Waals surface area contributed by atoms with Crippen LogP contribution in [0, 0.1) is 12.7 Å². The number of hydrogen-bond donors (Lipinski definition) is 2. The third-order valence-electron chi connectivity index (χ3n) is 5.02. The number of aromatic hydroxyl groups is 1. The van der Waals surface area contributed by atoms with Crippen LogP contribution in [0.1, 0.15) is 21.5 Å². The topological polar surface area (TPSA) is 102 Å². The Labute approximate surface area is 188 Å². The van der Waals surface area contributed by atoms with Crippen LogP contribution in [0.15, 0.2) is 47.4 Å². The zero-order valence-electron chi connectivity index (χ0n) is 16.9. The number of aryl methyl sites for hydroxylation is 1. The van der Waals surface area contributed by atoms with E-state index >= 15 is 0 Å². The van der Waals surface area contributed by atoms with Gasteiger partial charge in [0.05, 0.1) is 23.4 Å². The number of halogens is 2. The molecule has 0 atom stereocenters. The number of cyclic esters (lactones) is 1. The van der Waals surface area contributed by atoms with Crippen molar-refractivity contribution in [3.8, 4) is 22.6 Å². The molecule has 4 rings (SSSR count). The summed E-state index contributed by atoms with van der Waals surface area (Å²) in [5, 5.41) is 9.95. The minimum Gasteiger partial charge on any atom is -0.505 e. The van der Waals surface area contributed by atoms with Gasteiger partial charge in [0.15, 0.2) is 5.75 Å². The van der Waals surface area contributed by atoms with Crippen LogP contribution in [0.2, 0.25) is 5.02 Å². The molecular weight excluding hydrogens is 461 g/mol. The van der Waals surface area contributed by atoms with Crippen molar-refractivity contribution < 1.29 is 32.2 Å². The average Bonchev–Trinajstić information content (AvgIpc) is 2.73. The highest BCUT2D eigenvalue weighted by Gasteiger charge is 2.27. The Hall–Kier alpha value is -3.30. The zero-order valence-corrected chi connectivity index (χ0v) is 18.5. The Bertz CT molecular complexity index is 1370. The molecule has 2 N–H and O–H groups in total. The average molecular weight is 478 g/mol. The maximum Gasteiger partial charge on any atom is 0.338 e. The monoisotopic (exact) mass is 477 g/mol. The van der Waals surface area contributed by atoms with Gasteiger partial charge in [-0.05, 0) is 65.6 Å². The smallest absolute Gasteiger partial charge is 0.338 e. The molecule has 1 aliphatic heterocycles. The molecule has 1 aliphatic rings. The van der Waals surface area contributed by atoms with E-state index < -0.39 is 32.5 Å². The Morgan fingerprint density at radius 1 is 1.16 bits per heavy atom. The fourth-order valence-corrected chi connectivity index (χ4v) is 5.02. The van der Waals surface area contributed by atoms with Gasteiger partial charge in [0, 0.05) is 0 Å². The highest BCUT2D eigenvalue weighted by Crippen LogP contribution is 2.39. The second-order valence-corrected chi connectivity index (χ2v) is 9.22. The van der Waals surface area contributed by atoms with E-state index in [1.807, 2.05) is 0 Å². The first-order valence-corrected chi connectivity index (χ1v) is 11.2. The number of hydrogen-bond acceptors (Lipinski definition) is 6. The lowest BCUT2D eigenvalue weighted by molar-refractivity contribution is 0.0473. The highest BCUT2D eigenvalue weighted by molar-refractivity contribution is 7.92. The molecule has 32 heavy (non-hydrogen) atoms. The quantitative estimate of drug-likeness (QED) is 0.495. The molecule has 0 saturated heterocycles. The van der Waals surface area contributed by atoms with Crippen molar-refractivity contribution >= 4 is 33.3 Å². The van der Waals surface area contributed by atoms with E-state index in [0.717, 1.165) is 12.1 Å². The molecule has 3 aromatic carbocycles. The number of sulfonamides is 1. The lowest BCUT2D eigenvalue weighted by atomic mass is 9.97. The number of phenols is 1. The van der Waals surface area contributed by atoms with Gasteiger partial charge in [-0.3, -0.25) is 4.72 Å². The first-order valence-electron chi connectivity index (χ1n) is 9.30. The number of rotatable bonds is 1. The normalized spacial score (nSPS) is 14.7. The van der Waals surface area contributed by atoms with Gasteiger partial charge >= 0.3 is 5.97 Å². The van der Waals surface area contributed by atoms with Gasteiger partial charge in [0.1, 0.15) is 23.1 Å². The largest absolute Gasteiger partial charge is 0.505 e. The van der Waals surface area contributed by atoms with E-state index in [4.69, 9.17) is 21.1 Å². The fraction of sp³-hybridized carbons (Fsp3) is 0.136. The van der Waals surface area contributed by atoms with Crippen LogP contribution in [-0.4, -0.2) is 26.6 Å². The number of phenolic OH excluding ortho intramolecular Hbond substituents is 1. The molecule has 166 valence electrons. The number of carbonyl (C=O) groups excluding carboxylic acids is 1. The molecule has 0 aliphatic carbocycles. The summed E-state index contributed by atoms with van der Waals surface area (Å²) < 4.78 is 53.4. The predicted molar refractivity (Wildman–Crippen MR) is 116 cm³/mol. The molecule has 0 fully saturated rings. The second kappa shape index (κ2) is 7.99. The van der Waals surface area contributed by atoms with Crippen LogP contribution in [0.25, 0.3) is 11.1 Å². The van der Waals surface area contributed by atoms with E-state index in [2.05, 4.69) is 4.72 Å². The number of fused-ring (bicyclic) bond motifs is 6. The summed E-state index contributed by atoms with van der Waals surface area (Å²) >= 11 is 5.98. The van der Waals surface area contributed by atoms with E-state index in [0.29, 0.717) is 22.3 Å². The van der Waals surface area contributed by atoms with Gasteiger partial charge in [0.25, 0.3) is 10.0 Å². The summed E-state index contributed by atoms with van der Waals surface area (Å²) in [5.74, 6) is -1.86. The van der Waals surface area contributed by atoms with Gasteiger partial charge in [-0.2, -0.15) is 0 Å². The Kier molecular flexibility index (Phi) is 5.47. The molecule has 0 radical (unpaired) electrons. The van der Waals surface area contributed by atoms with Crippen LogP contribution < -0.4 is 9.46 Å². The summed E-state index contributed by atoms with van der Waals surface area (Å²) in [5.41, 5.74) is 1.84. The fourth-order valence-electron chi connectivity index (χ4n) is 3.54. The lowest BCUT2D eigenvalue weighted by Crippen LogP contribution is -2.15. The molecule has 7 nitrogen and oxygen atoms in total. The van der Waals surface area contributed by atoms with E-state index in [1.165, 1.54) is 31.4 Å². The van der Waals surface area contributed by atoms with Gasteiger partial charge < -0.3 is 14.6 Å². The third kappa shape index (κ3) is 3.85. The Morgan fingerprint density at radius 2 is 1.91 bits per heavy atom. The Balaban J connectivity index is 2.04. The third-order valence-corrected chi connectivity index (χ3v) is 6.69. The summed E-state index contributed by atoms with van der Waals surface area (Å²) in [4.78, 5) is 12.0. The van der Waals surface area contributed by atoms with Gasteiger partial charge in [-0.15, -0.1) is 0 Å². The van der Waals surface area contributed by atoms with Gasteiger partial charge in [0.2, 0.25) is 0 Å². The second-order valence-electron chi connectivity index (χ2n) is 7.16. The number of methoxy groups -OCH3 is 1. The maximum absolute atomic E-state index is 14.1. The minimum absolute atomic E-state index is 0.0603. The number of benzene rings is 3. The van der Waals surface area contributed by atoms with E-state index in [1.54, 1.807) is 13.0 Å². The predicted octanol–water partition coefficient (Wildman–Crippen LogP) is 4.64. The van der Waals surface area contributed by atoms with Gasteiger partial charge in [-0.25, -0.2) is 17.6 Å². The van der Waals surface area contributed by atoms with Crippen molar-refractivity contribution in [3.05, 3.63) is 70.0 Å². The van der Waals surface area contributed by atoms with Crippen molar-refractivity contribution in [3.63, 3.8) is 0 Å². The number of nitrogens with one attached hydrogen (secondary N) is 1. The number of anilines is 1. The molecule has 1 heterocycles. The van der Waals surface area contributed by atoms with Crippen molar-refractivity contribution in [2.75, 3.05) is 11.8 Å². The van der Waals surface area contributed by atoms with Crippen molar-refractivity contribution in [2.24, 2.45) is 0 Å². The standard InChI is InChI=1S/C22H17ClFNO6S/c1-11-5-13-7-18(21(11)30-2)25-32(28,29)19-8-14(6-17(23)20(19)26)22(27)31-10-12-3-4-15(24)9-16(12)13/h3-9,25-26H,10H2,1-2H3. The molecule has 3 aromatic rings.